The van der Waals surface area contributed by atoms with Crippen molar-refractivity contribution in [1.29, 1.82) is 0 Å². The maximum Gasteiger partial charge on any atom is 0.0455 e. The molecule has 0 spiro atoms. The number of thiol groups is 1. The number of anilines is 1. The quantitative estimate of drug-likeness (QED) is 0.552. The summed E-state index contributed by atoms with van der Waals surface area (Å²) in [5.74, 6) is 0. The zero-order valence-corrected chi connectivity index (χ0v) is 9.46. The first-order valence-electron chi connectivity index (χ1n) is 4.83. The molecule has 0 saturated carbocycles. The average molecular weight is 215 g/mol. The molecule has 1 nitrogen and oxygen atoms in total. The van der Waals surface area contributed by atoms with Gasteiger partial charge in [0.15, 0.2) is 0 Å². The molecule has 0 bridgehead atoms. The van der Waals surface area contributed by atoms with Crippen molar-refractivity contribution in [2.75, 3.05) is 5.73 Å². The highest BCUT2D eigenvalue weighted by Crippen LogP contribution is 2.27. The highest BCUT2D eigenvalue weighted by Gasteiger charge is 2.02. The summed E-state index contributed by atoms with van der Waals surface area (Å²) in [6, 6.07) is 14.2. The molecule has 76 valence electrons. The lowest BCUT2D eigenvalue weighted by Crippen LogP contribution is -1.89. The van der Waals surface area contributed by atoms with Crippen LogP contribution in [0.5, 0.6) is 0 Å². The molecule has 0 aliphatic carbocycles. The van der Waals surface area contributed by atoms with Crippen LogP contribution in [0.25, 0.3) is 11.1 Å². The first-order valence-corrected chi connectivity index (χ1v) is 5.27. The standard InChI is InChI=1S/C13H13NS/c1-9-4-2-3-5-11(9)10-6-7-13(15)12(14)8-10/h2-8,15H,14H2,1H3. The molecule has 0 saturated heterocycles. The number of benzene rings is 2. The van der Waals surface area contributed by atoms with Gasteiger partial charge in [0.05, 0.1) is 0 Å². The van der Waals surface area contributed by atoms with Crippen LogP contribution in [0, 0.1) is 6.92 Å². The topological polar surface area (TPSA) is 26.0 Å². The number of rotatable bonds is 1. The fourth-order valence-electron chi connectivity index (χ4n) is 1.62. The average Bonchev–Trinajstić information content (AvgIpc) is 2.23. The van der Waals surface area contributed by atoms with Gasteiger partial charge in [-0.15, -0.1) is 12.6 Å². The van der Waals surface area contributed by atoms with Crippen LogP contribution in [-0.2, 0) is 0 Å². The van der Waals surface area contributed by atoms with E-state index in [0.717, 1.165) is 16.1 Å². The highest BCUT2D eigenvalue weighted by molar-refractivity contribution is 7.80. The molecule has 0 amide bonds. The van der Waals surface area contributed by atoms with Gasteiger partial charge >= 0.3 is 0 Å². The second kappa shape index (κ2) is 3.99. The van der Waals surface area contributed by atoms with Gasteiger partial charge in [-0.1, -0.05) is 30.3 Å². The molecule has 2 N–H and O–H groups in total. The van der Waals surface area contributed by atoms with E-state index in [1.807, 2.05) is 30.3 Å². The van der Waals surface area contributed by atoms with Crippen LogP contribution < -0.4 is 5.73 Å². The third-order valence-corrected chi connectivity index (χ3v) is 2.89. The third kappa shape index (κ3) is 2.00. The van der Waals surface area contributed by atoms with Crippen LogP contribution in [0.4, 0.5) is 5.69 Å². The van der Waals surface area contributed by atoms with Gasteiger partial charge in [0.1, 0.15) is 0 Å². The molecule has 0 atom stereocenters. The molecule has 15 heavy (non-hydrogen) atoms. The summed E-state index contributed by atoms with van der Waals surface area (Å²) in [5, 5.41) is 0. The summed E-state index contributed by atoms with van der Waals surface area (Å²) in [7, 11) is 0. The van der Waals surface area contributed by atoms with Crippen molar-refractivity contribution in [2.45, 2.75) is 11.8 Å². The summed E-state index contributed by atoms with van der Waals surface area (Å²) in [6.45, 7) is 2.10. The van der Waals surface area contributed by atoms with Crippen molar-refractivity contribution in [3.63, 3.8) is 0 Å². The predicted molar refractivity (Wildman–Crippen MR) is 68.3 cm³/mol. The summed E-state index contributed by atoms with van der Waals surface area (Å²) < 4.78 is 0. The lowest BCUT2D eigenvalue weighted by atomic mass is 10.0. The Morgan fingerprint density at radius 3 is 2.47 bits per heavy atom. The minimum absolute atomic E-state index is 0.721. The second-order valence-electron chi connectivity index (χ2n) is 3.59. The first-order chi connectivity index (χ1) is 7.18. The molecule has 2 aromatic rings. The molecular formula is C13H13NS. The number of nitrogens with two attached hydrogens (primary N) is 1. The zero-order chi connectivity index (χ0) is 10.8. The Labute approximate surface area is 95.3 Å². The van der Waals surface area contributed by atoms with Gasteiger partial charge in [-0.25, -0.2) is 0 Å². The van der Waals surface area contributed by atoms with E-state index < -0.39 is 0 Å². The van der Waals surface area contributed by atoms with Gasteiger partial charge < -0.3 is 5.73 Å². The van der Waals surface area contributed by atoms with Crippen molar-refractivity contribution >= 4 is 18.3 Å². The largest absolute Gasteiger partial charge is 0.398 e. The maximum absolute atomic E-state index is 5.83. The first kappa shape index (κ1) is 10.1. The summed E-state index contributed by atoms with van der Waals surface area (Å²) >= 11 is 4.26. The molecule has 2 heteroatoms. The Balaban J connectivity index is 2.55. The molecule has 0 aliphatic rings. The second-order valence-corrected chi connectivity index (χ2v) is 4.07. The van der Waals surface area contributed by atoms with E-state index in [9.17, 15) is 0 Å². The molecular weight excluding hydrogens is 202 g/mol. The number of nitrogen functional groups attached to an aromatic ring is 1. The van der Waals surface area contributed by atoms with Crippen molar-refractivity contribution in [1.82, 2.24) is 0 Å². The molecule has 2 rings (SSSR count). The minimum atomic E-state index is 0.721. The van der Waals surface area contributed by atoms with E-state index in [-0.39, 0.29) is 0 Å². The molecule has 0 aromatic heterocycles. The molecule has 0 fully saturated rings. The van der Waals surface area contributed by atoms with Crippen LogP contribution in [0.15, 0.2) is 47.4 Å². The van der Waals surface area contributed by atoms with Gasteiger partial charge in [-0.2, -0.15) is 0 Å². The van der Waals surface area contributed by atoms with E-state index in [1.165, 1.54) is 11.1 Å². The van der Waals surface area contributed by atoms with E-state index in [4.69, 9.17) is 5.73 Å². The van der Waals surface area contributed by atoms with Crippen molar-refractivity contribution in [3.8, 4) is 11.1 Å². The zero-order valence-electron chi connectivity index (χ0n) is 8.57. The van der Waals surface area contributed by atoms with Gasteiger partial charge in [0, 0.05) is 10.6 Å². The fourth-order valence-corrected chi connectivity index (χ4v) is 1.76. The van der Waals surface area contributed by atoms with E-state index in [1.54, 1.807) is 0 Å². The maximum atomic E-state index is 5.83. The Morgan fingerprint density at radius 1 is 1.07 bits per heavy atom. The summed E-state index contributed by atoms with van der Waals surface area (Å²) in [6.07, 6.45) is 0. The Kier molecular flexibility index (Phi) is 2.69. The monoisotopic (exact) mass is 215 g/mol. The summed E-state index contributed by atoms with van der Waals surface area (Å²) in [5.41, 5.74) is 10.2. The van der Waals surface area contributed by atoms with E-state index in [0.29, 0.717) is 0 Å². The lowest BCUT2D eigenvalue weighted by Gasteiger charge is -2.07. The minimum Gasteiger partial charge on any atom is -0.398 e. The lowest BCUT2D eigenvalue weighted by molar-refractivity contribution is 1.43. The van der Waals surface area contributed by atoms with Crippen LogP contribution in [0.3, 0.4) is 0 Å². The van der Waals surface area contributed by atoms with Crippen LogP contribution in [-0.4, -0.2) is 0 Å². The smallest absolute Gasteiger partial charge is 0.0455 e. The molecule has 0 aliphatic heterocycles. The number of hydrogen-bond acceptors (Lipinski definition) is 2. The van der Waals surface area contributed by atoms with Gasteiger partial charge in [-0.3, -0.25) is 0 Å². The highest BCUT2D eigenvalue weighted by atomic mass is 32.1. The fraction of sp³-hybridized carbons (Fsp3) is 0.0769. The molecule has 0 radical (unpaired) electrons. The molecule has 0 unspecified atom stereocenters. The number of hydrogen-bond donors (Lipinski definition) is 2. The Bertz CT molecular complexity index is 492. The summed E-state index contributed by atoms with van der Waals surface area (Å²) in [4.78, 5) is 0.826. The van der Waals surface area contributed by atoms with Crippen molar-refractivity contribution in [2.24, 2.45) is 0 Å². The van der Waals surface area contributed by atoms with Gasteiger partial charge in [-0.05, 0) is 35.7 Å². The van der Waals surface area contributed by atoms with Crippen LogP contribution >= 0.6 is 12.6 Å². The van der Waals surface area contributed by atoms with Crippen LogP contribution in [0.1, 0.15) is 5.56 Å². The van der Waals surface area contributed by atoms with Crippen molar-refractivity contribution < 1.29 is 0 Å². The molecule has 2 aromatic carbocycles. The third-order valence-electron chi connectivity index (χ3n) is 2.48. The number of aryl methyl sites for hydroxylation is 1. The van der Waals surface area contributed by atoms with E-state index in [2.05, 4.69) is 31.7 Å². The van der Waals surface area contributed by atoms with Gasteiger partial charge in [0.25, 0.3) is 0 Å². The molecule has 0 heterocycles. The predicted octanol–water partition coefficient (Wildman–Crippen LogP) is 3.53. The normalized spacial score (nSPS) is 10.3. The van der Waals surface area contributed by atoms with Gasteiger partial charge in [0.2, 0.25) is 0 Å². The van der Waals surface area contributed by atoms with E-state index >= 15 is 0 Å². The Hall–Kier alpha value is -1.41. The van der Waals surface area contributed by atoms with Crippen LogP contribution in [0.2, 0.25) is 0 Å². The Morgan fingerprint density at radius 2 is 1.80 bits per heavy atom. The SMILES string of the molecule is Cc1ccccc1-c1ccc(S)c(N)c1. The van der Waals surface area contributed by atoms with Crippen molar-refractivity contribution in [3.05, 3.63) is 48.0 Å².